The number of ether oxygens (including phenoxy) is 1. The highest BCUT2D eigenvalue weighted by molar-refractivity contribution is 6.30. The van der Waals surface area contributed by atoms with Crippen LogP contribution >= 0.6 is 11.6 Å². The van der Waals surface area contributed by atoms with E-state index in [0.29, 0.717) is 34.4 Å². The second kappa shape index (κ2) is 8.11. The van der Waals surface area contributed by atoms with E-state index < -0.39 is 12.1 Å². The molecule has 0 saturated heterocycles. The van der Waals surface area contributed by atoms with Gasteiger partial charge in [0.1, 0.15) is 5.75 Å². The van der Waals surface area contributed by atoms with E-state index in [4.69, 9.17) is 16.3 Å². The van der Waals surface area contributed by atoms with E-state index in [2.05, 4.69) is 26.0 Å². The number of nitrogens with zero attached hydrogens (tertiary/aromatic N) is 4. The van der Waals surface area contributed by atoms with Crippen molar-refractivity contribution in [1.82, 2.24) is 20.2 Å². The fourth-order valence-electron chi connectivity index (χ4n) is 3.04. The fourth-order valence-corrected chi connectivity index (χ4v) is 3.16. The van der Waals surface area contributed by atoms with Crippen molar-refractivity contribution in [2.24, 2.45) is 0 Å². The van der Waals surface area contributed by atoms with Gasteiger partial charge in [0.15, 0.2) is 12.1 Å². The number of hydrogen-bond acceptors (Lipinski definition) is 6. The molecule has 2 N–H and O–H groups in total. The molecule has 4 rings (SSSR count). The topological polar surface area (TPSA) is 111 Å². The van der Waals surface area contributed by atoms with Crippen molar-refractivity contribution in [2.75, 3.05) is 10.6 Å². The number of halogens is 1. The highest BCUT2D eigenvalue weighted by Crippen LogP contribution is 2.32. The first-order chi connectivity index (χ1) is 14.4. The van der Waals surface area contributed by atoms with Crippen LogP contribution in [-0.4, -0.2) is 38.1 Å². The van der Waals surface area contributed by atoms with Crippen LogP contribution in [0.1, 0.15) is 26.3 Å². The van der Waals surface area contributed by atoms with Crippen LogP contribution < -0.4 is 15.4 Å². The van der Waals surface area contributed by atoms with Crippen molar-refractivity contribution in [1.29, 1.82) is 0 Å². The summed E-state index contributed by atoms with van der Waals surface area (Å²) in [7, 11) is 0. The molecule has 0 fully saturated rings. The number of anilines is 2. The molecule has 3 aromatic rings. The summed E-state index contributed by atoms with van der Waals surface area (Å²) in [5.74, 6) is 0.422. The van der Waals surface area contributed by atoms with Gasteiger partial charge in [-0.1, -0.05) is 18.5 Å². The third kappa shape index (κ3) is 3.97. The van der Waals surface area contributed by atoms with Gasteiger partial charge in [-0.25, -0.2) is 0 Å². The van der Waals surface area contributed by atoms with E-state index in [-0.39, 0.29) is 11.8 Å². The van der Waals surface area contributed by atoms with E-state index in [1.165, 1.54) is 4.80 Å². The van der Waals surface area contributed by atoms with Crippen LogP contribution in [0.4, 0.5) is 11.4 Å². The maximum Gasteiger partial charge on any atom is 0.265 e. The second-order valence-electron chi connectivity index (χ2n) is 6.81. The van der Waals surface area contributed by atoms with Gasteiger partial charge in [0.25, 0.3) is 11.8 Å². The lowest BCUT2D eigenvalue weighted by Gasteiger charge is -2.24. The van der Waals surface area contributed by atoms with E-state index in [0.717, 1.165) is 5.56 Å². The molecule has 2 amide bonds. The van der Waals surface area contributed by atoms with Crippen LogP contribution in [-0.2, 0) is 9.59 Å². The monoisotopic (exact) mass is 426 g/mol. The molecule has 2 heterocycles. The Morgan fingerprint density at radius 3 is 2.80 bits per heavy atom. The first-order valence-electron chi connectivity index (χ1n) is 9.42. The molecule has 2 aromatic carbocycles. The molecule has 9 nitrogen and oxygen atoms in total. The van der Waals surface area contributed by atoms with Crippen molar-refractivity contribution >= 4 is 34.8 Å². The average Bonchev–Trinajstić information content (AvgIpc) is 3.20. The van der Waals surface area contributed by atoms with Crippen LogP contribution in [0.2, 0.25) is 5.02 Å². The second-order valence-corrected chi connectivity index (χ2v) is 7.25. The highest BCUT2D eigenvalue weighted by atomic mass is 35.5. The summed E-state index contributed by atoms with van der Waals surface area (Å²) in [6.07, 6.45) is -0.0967. The molecule has 2 atom stereocenters. The molecule has 0 aliphatic carbocycles. The smallest absolute Gasteiger partial charge is 0.265 e. The molecular formula is C20H19ClN6O3. The van der Waals surface area contributed by atoms with Gasteiger partial charge in [0, 0.05) is 16.3 Å². The molecule has 1 aliphatic rings. The predicted octanol–water partition coefficient (Wildman–Crippen LogP) is 3.30. The molecular weight excluding hydrogens is 408 g/mol. The summed E-state index contributed by atoms with van der Waals surface area (Å²) in [4.78, 5) is 25.9. The number of carbonyl (C=O) groups is 2. The Balaban J connectivity index is 1.51. The van der Waals surface area contributed by atoms with E-state index >= 15 is 0 Å². The molecule has 0 unspecified atom stereocenters. The third-order valence-electron chi connectivity index (χ3n) is 4.68. The van der Waals surface area contributed by atoms with Gasteiger partial charge in [0.2, 0.25) is 5.82 Å². The molecule has 10 heteroatoms. The third-order valence-corrected chi connectivity index (χ3v) is 4.93. The quantitative estimate of drug-likeness (QED) is 0.647. The number of benzene rings is 2. The Morgan fingerprint density at radius 1 is 1.30 bits per heavy atom. The Kier molecular flexibility index (Phi) is 5.37. The molecule has 1 aliphatic heterocycles. The Bertz CT molecular complexity index is 1100. The summed E-state index contributed by atoms with van der Waals surface area (Å²) < 4.78 is 5.53. The number of nitrogens with one attached hydrogen (secondary N) is 2. The first kappa shape index (κ1) is 19.8. The van der Waals surface area contributed by atoms with Gasteiger partial charge in [0.05, 0.1) is 5.69 Å². The number of hydrogen-bond donors (Lipinski definition) is 2. The van der Waals surface area contributed by atoms with E-state index in [1.807, 2.05) is 6.92 Å². The molecule has 0 radical (unpaired) electrons. The molecule has 0 spiro atoms. The fraction of sp³-hybridized carbons (Fsp3) is 0.250. The minimum Gasteiger partial charge on any atom is -0.479 e. The molecule has 0 saturated carbocycles. The number of rotatable bonds is 5. The number of tetrazole rings is 1. The maximum absolute atomic E-state index is 12.8. The summed E-state index contributed by atoms with van der Waals surface area (Å²) in [5.41, 5.74) is 1.78. The molecule has 154 valence electrons. The van der Waals surface area contributed by atoms with Gasteiger partial charge >= 0.3 is 0 Å². The lowest BCUT2D eigenvalue weighted by atomic mass is 10.2. The zero-order chi connectivity index (χ0) is 21.3. The Hall–Kier alpha value is -3.46. The molecule has 0 bridgehead atoms. The van der Waals surface area contributed by atoms with Crippen molar-refractivity contribution < 1.29 is 14.3 Å². The van der Waals surface area contributed by atoms with Crippen molar-refractivity contribution in [2.45, 2.75) is 32.4 Å². The summed E-state index contributed by atoms with van der Waals surface area (Å²) in [6, 6.07) is 11.5. The van der Waals surface area contributed by atoms with Crippen LogP contribution in [0.3, 0.4) is 0 Å². The standard InChI is InChI=1S/C20H19ClN6O3/c1-3-16(27-25-18(24-26-27)12-4-6-13(21)7-5-12)20(29)22-14-8-9-17-15(10-14)23-19(28)11(2)30-17/h4-11,16H,3H2,1-2H3,(H,22,29)(H,23,28)/t11-,16-/m0/s1. The lowest BCUT2D eigenvalue weighted by Crippen LogP contribution is -2.34. The van der Waals surface area contributed by atoms with Crippen LogP contribution in [0.5, 0.6) is 5.75 Å². The first-order valence-corrected chi connectivity index (χ1v) is 9.80. The predicted molar refractivity (Wildman–Crippen MR) is 111 cm³/mol. The van der Waals surface area contributed by atoms with Gasteiger partial charge in [-0.2, -0.15) is 4.80 Å². The maximum atomic E-state index is 12.8. The Labute approximate surface area is 177 Å². The van der Waals surface area contributed by atoms with Gasteiger partial charge < -0.3 is 15.4 Å². The van der Waals surface area contributed by atoms with Crippen LogP contribution in [0.15, 0.2) is 42.5 Å². The number of fused-ring (bicyclic) bond motifs is 1. The summed E-state index contributed by atoms with van der Waals surface area (Å²) >= 11 is 5.91. The highest BCUT2D eigenvalue weighted by Gasteiger charge is 2.25. The van der Waals surface area contributed by atoms with Crippen LogP contribution in [0.25, 0.3) is 11.4 Å². The SMILES string of the molecule is CC[C@@H](C(=O)Nc1ccc2c(c1)NC(=O)[C@H](C)O2)n1nnc(-c2ccc(Cl)cc2)n1. The molecule has 30 heavy (non-hydrogen) atoms. The lowest BCUT2D eigenvalue weighted by molar-refractivity contribution is -0.122. The van der Waals surface area contributed by atoms with Crippen molar-refractivity contribution in [3.05, 3.63) is 47.5 Å². The largest absolute Gasteiger partial charge is 0.479 e. The van der Waals surface area contributed by atoms with E-state index in [1.54, 1.807) is 49.4 Å². The van der Waals surface area contributed by atoms with Crippen molar-refractivity contribution in [3.63, 3.8) is 0 Å². The molecule has 1 aromatic heterocycles. The minimum atomic E-state index is -0.652. The zero-order valence-corrected chi connectivity index (χ0v) is 17.1. The van der Waals surface area contributed by atoms with Gasteiger partial charge in [-0.05, 0) is 61.0 Å². The Morgan fingerprint density at radius 2 is 2.07 bits per heavy atom. The normalized spacial score (nSPS) is 16.2. The zero-order valence-electron chi connectivity index (χ0n) is 16.3. The minimum absolute atomic E-state index is 0.237. The van der Waals surface area contributed by atoms with E-state index in [9.17, 15) is 9.59 Å². The average molecular weight is 427 g/mol. The summed E-state index contributed by atoms with van der Waals surface area (Å²) in [6.45, 7) is 3.53. The number of carbonyl (C=O) groups excluding carboxylic acids is 2. The van der Waals surface area contributed by atoms with Gasteiger partial charge in [-0.15, -0.1) is 10.2 Å². The van der Waals surface area contributed by atoms with Gasteiger partial charge in [-0.3, -0.25) is 9.59 Å². The van der Waals surface area contributed by atoms with Crippen LogP contribution in [0, 0.1) is 0 Å². The summed E-state index contributed by atoms with van der Waals surface area (Å²) in [5, 5.41) is 18.6. The number of aromatic nitrogens is 4. The van der Waals surface area contributed by atoms with Crippen molar-refractivity contribution in [3.8, 4) is 17.1 Å². The number of amides is 2.